The van der Waals surface area contributed by atoms with E-state index < -0.39 is 5.60 Å². The molecule has 1 rings (SSSR count). The predicted molar refractivity (Wildman–Crippen MR) is 55.6 cm³/mol. The average Bonchev–Trinajstić information content (AvgIpc) is 2.02. The third kappa shape index (κ3) is 2.55. The molecule has 0 fully saturated rings. The first-order chi connectivity index (χ1) is 6.45. The Morgan fingerprint density at radius 2 is 2.00 bits per heavy atom. The number of aryl methyl sites for hydroxylation is 1. The highest BCUT2D eigenvalue weighted by Gasteiger charge is 2.22. The van der Waals surface area contributed by atoms with Gasteiger partial charge in [0.05, 0.1) is 5.60 Å². The lowest BCUT2D eigenvalue weighted by Gasteiger charge is -2.23. The van der Waals surface area contributed by atoms with Crippen molar-refractivity contribution >= 4 is 0 Å². The molecule has 0 aliphatic heterocycles. The van der Waals surface area contributed by atoms with E-state index in [9.17, 15) is 9.50 Å². The smallest absolute Gasteiger partial charge is 0.123 e. The van der Waals surface area contributed by atoms with E-state index >= 15 is 0 Å². The molecule has 1 nitrogen and oxygen atoms in total. The van der Waals surface area contributed by atoms with Crippen LogP contribution in [0.5, 0.6) is 0 Å². The largest absolute Gasteiger partial charge is 0.385 e. The highest BCUT2D eigenvalue weighted by Crippen LogP contribution is 2.27. The van der Waals surface area contributed by atoms with Crippen molar-refractivity contribution in [3.63, 3.8) is 0 Å². The van der Waals surface area contributed by atoms with Gasteiger partial charge in [0.1, 0.15) is 5.82 Å². The Kier molecular flexibility index (Phi) is 3.27. The minimum absolute atomic E-state index is 0.281. The van der Waals surface area contributed by atoms with Crippen LogP contribution in [0, 0.1) is 12.7 Å². The van der Waals surface area contributed by atoms with Gasteiger partial charge in [-0.2, -0.15) is 0 Å². The van der Waals surface area contributed by atoms with E-state index in [1.807, 2.05) is 19.9 Å². The number of benzene rings is 1. The normalized spacial score (nSPS) is 15.2. The summed E-state index contributed by atoms with van der Waals surface area (Å²) >= 11 is 0. The summed E-state index contributed by atoms with van der Waals surface area (Å²) in [5.41, 5.74) is 0.593. The Hall–Kier alpha value is -0.890. The molecule has 0 heterocycles. The topological polar surface area (TPSA) is 20.2 Å². The molecular weight excluding hydrogens is 179 g/mol. The Labute approximate surface area is 84.6 Å². The summed E-state index contributed by atoms with van der Waals surface area (Å²) in [6.45, 7) is 5.56. The van der Waals surface area contributed by atoms with Crippen LogP contribution in [0.1, 0.15) is 37.8 Å². The molecule has 0 aliphatic carbocycles. The average molecular weight is 196 g/mol. The van der Waals surface area contributed by atoms with Crippen molar-refractivity contribution in [3.8, 4) is 0 Å². The first-order valence-electron chi connectivity index (χ1n) is 4.96. The maximum atomic E-state index is 13.1. The lowest BCUT2D eigenvalue weighted by Crippen LogP contribution is -2.20. The van der Waals surface area contributed by atoms with E-state index in [4.69, 9.17) is 0 Å². The number of halogens is 1. The van der Waals surface area contributed by atoms with E-state index in [1.54, 1.807) is 6.92 Å². The van der Waals surface area contributed by atoms with Crippen molar-refractivity contribution in [2.45, 2.75) is 39.2 Å². The molecule has 0 bridgehead atoms. The van der Waals surface area contributed by atoms with E-state index in [2.05, 4.69) is 0 Å². The summed E-state index contributed by atoms with van der Waals surface area (Å²) < 4.78 is 13.1. The second kappa shape index (κ2) is 4.09. The van der Waals surface area contributed by atoms with Gasteiger partial charge in [-0.05, 0) is 43.5 Å². The summed E-state index contributed by atoms with van der Waals surface area (Å²) in [7, 11) is 0. The number of rotatable bonds is 3. The molecule has 1 aromatic carbocycles. The second-order valence-corrected chi connectivity index (χ2v) is 4.04. The molecule has 0 saturated carbocycles. The van der Waals surface area contributed by atoms with Crippen LogP contribution in [0.25, 0.3) is 0 Å². The van der Waals surface area contributed by atoms with Crippen LogP contribution in [0.3, 0.4) is 0 Å². The van der Waals surface area contributed by atoms with Gasteiger partial charge in [-0.1, -0.05) is 19.4 Å². The van der Waals surface area contributed by atoms with Crippen molar-refractivity contribution in [1.29, 1.82) is 0 Å². The minimum Gasteiger partial charge on any atom is -0.385 e. The van der Waals surface area contributed by atoms with Gasteiger partial charge in [-0.15, -0.1) is 0 Å². The number of aliphatic hydroxyl groups is 1. The minimum atomic E-state index is -0.915. The van der Waals surface area contributed by atoms with E-state index in [0.717, 1.165) is 12.0 Å². The zero-order valence-electron chi connectivity index (χ0n) is 8.97. The highest BCUT2D eigenvalue weighted by molar-refractivity contribution is 5.27. The van der Waals surface area contributed by atoms with Crippen LogP contribution >= 0.6 is 0 Å². The van der Waals surface area contributed by atoms with Crippen LogP contribution in [-0.2, 0) is 5.60 Å². The summed E-state index contributed by atoms with van der Waals surface area (Å²) in [4.78, 5) is 0. The molecule has 0 unspecified atom stereocenters. The molecule has 0 aliphatic rings. The molecule has 0 amide bonds. The maximum absolute atomic E-state index is 13.1. The van der Waals surface area contributed by atoms with Gasteiger partial charge in [0.25, 0.3) is 0 Å². The Morgan fingerprint density at radius 1 is 1.36 bits per heavy atom. The maximum Gasteiger partial charge on any atom is 0.123 e. The van der Waals surface area contributed by atoms with Crippen molar-refractivity contribution in [3.05, 3.63) is 35.1 Å². The molecule has 1 N–H and O–H groups in total. The van der Waals surface area contributed by atoms with Crippen molar-refractivity contribution in [2.24, 2.45) is 0 Å². The van der Waals surface area contributed by atoms with Crippen LogP contribution in [0.15, 0.2) is 18.2 Å². The van der Waals surface area contributed by atoms with Crippen molar-refractivity contribution in [2.75, 3.05) is 0 Å². The van der Waals surface area contributed by atoms with E-state index in [0.29, 0.717) is 12.0 Å². The molecule has 1 aromatic rings. The third-order valence-corrected chi connectivity index (χ3v) is 2.40. The molecule has 78 valence electrons. The Morgan fingerprint density at radius 3 is 2.50 bits per heavy atom. The molecular formula is C12H17FO. The monoisotopic (exact) mass is 196 g/mol. The third-order valence-electron chi connectivity index (χ3n) is 2.40. The van der Waals surface area contributed by atoms with Crippen LogP contribution in [0.2, 0.25) is 0 Å². The second-order valence-electron chi connectivity index (χ2n) is 4.04. The van der Waals surface area contributed by atoms with Gasteiger partial charge < -0.3 is 5.11 Å². The molecule has 0 saturated heterocycles. The zero-order chi connectivity index (χ0) is 10.8. The fraction of sp³-hybridized carbons (Fsp3) is 0.500. The molecule has 0 aromatic heterocycles. The molecule has 1 atom stereocenters. The number of hydrogen-bond donors (Lipinski definition) is 1. The van der Waals surface area contributed by atoms with Gasteiger partial charge in [0, 0.05) is 0 Å². The molecule has 0 spiro atoms. The van der Waals surface area contributed by atoms with Gasteiger partial charge in [-0.3, -0.25) is 0 Å². The van der Waals surface area contributed by atoms with Crippen LogP contribution < -0.4 is 0 Å². The predicted octanol–water partition coefficient (Wildman–Crippen LogP) is 3.14. The van der Waals surface area contributed by atoms with E-state index in [-0.39, 0.29) is 5.82 Å². The van der Waals surface area contributed by atoms with Gasteiger partial charge in [0.2, 0.25) is 0 Å². The van der Waals surface area contributed by atoms with Crippen LogP contribution in [0.4, 0.5) is 4.39 Å². The fourth-order valence-electron chi connectivity index (χ4n) is 1.68. The van der Waals surface area contributed by atoms with E-state index in [1.165, 1.54) is 12.1 Å². The van der Waals surface area contributed by atoms with Crippen LogP contribution in [-0.4, -0.2) is 5.11 Å². The summed E-state index contributed by atoms with van der Waals surface area (Å²) in [5, 5.41) is 10.1. The first-order valence-corrected chi connectivity index (χ1v) is 4.96. The molecule has 14 heavy (non-hydrogen) atoms. The molecule has 2 heteroatoms. The zero-order valence-corrected chi connectivity index (χ0v) is 8.97. The van der Waals surface area contributed by atoms with Gasteiger partial charge in [0.15, 0.2) is 0 Å². The summed E-state index contributed by atoms with van der Waals surface area (Å²) in [6.07, 6.45) is 1.53. The number of hydrogen-bond acceptors (Lipinski definition) is 1. The lowest BCUT2D eigenvalue weighted by molar-refractivity contribution is 0.0466. The summed E-state index contributed by atoms with van der Waals surface area (Å²) in [5.74, 6) is -0.281. The molecule has 0 radical (unpaired) electrons. The lowest BCUT2D eigenvalue weighted by atomic mass is 9.90. The highest BCUT2D eigenvalue weighted by atomic mass is 19.1. The Bertz CT molecular complexity index is 298. The van der Waals surface area contributed by atoms with Gasteiger partial charge in [-0.25, -0.2) is 4.39 Å². The van der Waals surface area contributed by atoms with Gasteiger partial charge >= 0.3 is 0 Å². The first kappa shape index (κ1) is 11.2. The van der Waals surface area contributed by atoms with Crippen molar-refractivity contribution in [1.82, 2.24) is 0 Å². The SMILES string of the molecule is CCC[C@@](C)(O)c1cc(C)cc(F)c1. The quantitative estimate of drug-likeness (QED) is 0.787. The Balaban J connectivity index is 3.05. The standard InChI is InChI=1S/C12H17FO/c1-4-5-12(3,14)10-6-9(2)7-11(13)8-10/h6-8,14H,4-5H2,1-3H3/t12-/m1/s1. The van der Waals surface area contributed by atoms with Crippen molar-refractivity contribution < 1.29 is 9.50 Å². The summed E-state index contributed by atoms with van der Waals surface area (Å²) in [6, 6.07) is 4.70. The fourth-order valence-corrected chi connectivity index (χ4v) is 1.68.